The van der Waals surface area contributed by atoms with Gasteiger partial charge in [-0.1, -0.05) is 6.07 Å². The summed E-state index contributed by atoms with van der Waals surface area (Å²) in [5.41, 5.74) is 1.44. The molecular weight excluding hydrogens is 422 g/mol. The highest BCUT2D eigenvalue weighted by Crippen LogP contribution is 2.26. The number of methoxy groups -OCH3 is 1. The van der Waals surface area contributed by atoms with Gasteiger partial charge in [0.25, 0.3) is 5.91 Å². The van der Waals surface area contributed by atoms with Crippen molar-refractivity contribution in [1.82, 2.24) is 9.29 Å². The first-order valence-electron chi connectivity index (χ1n) is 9.82. The lowest BCUT2D eigenvalue weighted by molar-refractivity contribution is -0.152. The molecule has 9 nitrogen and oxygen atoms in total. The quantitative estimate of drug-likeness (QED) is 0.646. The van der Waals surface area contributed by atoms with Gasteiger partial charge in [0.05, 0.1) is 18.7 Å². The Labute approximate surface area is 181 Å². The van der Waals surface area contributed by atoms with Crippen LogP contribution >= 0.6 is 0 Å². The Morgan fingerprint density at radius 1 is 1.23 bits per heavy atom. The van der Waals surface area contributed by atoms with Crippen LogP contribution in [0, 0.1) is 12.8 Å². The topological polar surface area (TPSA) is 115 Å². The first-order valence-corrected chi connectivity index (χ1v) is 11.3. The van der Waals surface area contributed by atoms with Crippen LogP contribution in [0.1, 0.15) is 18.4 Å². The molecule has 1 fully saturated rings. The van der Waals surface area contributed by atoms with Crippen LogP contribution < -0.4 is 10.1 Å². The first kappa shape index (κ1) is 22.7. The maximum absolute atomic E-state index is 12.6. The van der Waals surface area contributed by atoms with E-state index in [1.807, 2.05) is 13.0 Å². The molecule has 3 rings (SSSR count). The van der Waals surface area contributed by atoms with E-state index in [0.717, 1.165) is 5.56 Å². The van der Waals surface area contributed by atoms with Crippen molar-refractivity contribution in [3.63, 3.8) is 0 Å². The lowest BCUT2D eigenvalue weighted by atomic mass is 9.98. The third-order valence-corrected chi connectivity index (χ3v) is 6.92. The molecule has 0 radical (unpaired) electrons. The van der Waals surface area contributed by atoms with E-state index in [1.165, 1.54) is 29.9 Å². The number of amides is 1. The number of sulfonamides is 1. The molecule has 0 bridgehead atoms. The fraction of sp³-hybridized carbons (Fsp3) is 0.381. The zero-order valence-corrected chi connectivity index (χ0v) is 18.2. The lowest BCUT2D eigenvalue weighted by Crippen LogP contribution is -2.41. The van der Waals surface area contributed by atoms with Gasteiger partial charge in [-0.25, -0.2) is 8.42 Å². The van der Waals surface area contributed by atoms with Crippen molar-refractivity contribution in [2.75, 3.05) is 32.1 Å². The van der Waals surface area contributed by atoms with Crippen molar-refractivity contribution >= 4 is 27.6 Å². The number of hydrogen-bond donors (Lipinski definition) is 1. The maximum atomic E-state index is 12.6. The average molecular weight is 448 g/mol. The Kier molecular flexibility index (Phi) is 7.24. The van der Waals surface area contributed by atoms with Crippen molar-refractivity contribution in [2.24, 2.45) is 5.92 Å². The number of aromatic nitrogens is 1. The molecule has 10 heteroatoms. The molecule has 2 heterocycles. The molecular formula is C21H25N3O6S. The molecule has 0 unspecified atom stereocenters. The predicted molar refractivity (Wildman–Crippen MR) is 113 cm³/mol. The first-order chi connectivity index (χ1) is 14.8. The average Bonchev–Trinajstić information content (AvgIpc) is 2.78. The molecule has 166 valence electrons. The van der Waals surface area contributed by atoms with E-state index in [1.54, 1.807) is 18.2 Å². The Balaban J connectivity index is 1.49. The van der Waals surface area contributed by atoms with E-state index in [2.05, 4.69) is 10.3 Å². The van der Waals surface area contributed by atoms with Gasteiger partial charge in [-0.15, -0.1) is 0 Å². The molecule has 0 aliphatic carbocycles. The molecule has 1 saturated heterocycles. The van der Waals surface area contributed by atoms with Gasteiger partial charge in [0.1, 0.15) is 10.6 Å². The van der Waals surface area contributed by atoms with Crippen LogP contribution in [-0.2, 0) is 24.3 Å². The van der Waals surface area contributed by atoms with Gasteiger partial charge < -0.3 is 14.8 Å². The number of carbonyl (C=O) groups is 2. The molecule has 1 aliphatic rings. The zero-order chi connectivity index (χ0) is 22.4. The largest absolute Gasteiger partial charge is 0.495 e. The number of nitrogens with zero attached hydrogens (tertiary/aromatic N) is 2. The normalized spacial score (nSPS) is 15.3. The molecule has 0 atom stereocenters. The van der Waals surface area contributed by atoms with Gasteiger partial charge in [0, 0.05) is 25.5 Å². The fourth-order valence-corrected chi connectivity index (χ4v) is 4.78. The summed E-state index contributed by atoms with van der Waals surface area (Å²) in [6, 6.07) is 8.41. The van der Waals surface area contributed by atoms with Gasteiger partial charge in [-0.05, 0) is 49.6 Å². The van der Waals surface area contributed by atoms with Crippen LogP contribution in [-0.4, -0.2) is 56.4 Å². The van der Waals surface area contributed by atoms with Crippen molar-refractivity contribution in [1.29, 1.82) is 0 Å². The number of nitrogens with one attached hydrogen (secondary N) is 1. The summed E-state index contributed by atoms with van der Waals surface area (Å²) in [5.74, 6) is -0.937. The standard InChI is InChI=1S/C21H25N3O6S/c1-15-5-6-19(29-2)18(12-15)23-20(25)14-30-21(26)16-7-10-24(11-8-16)31(27,28)17-4-3-9-22-13-17/h3-6,9,12-13,16H,7-8,10-11,14H2,1-2H3,(H,23,25). The SMILES string of the molecule is COc1ccc(C)cc1NC(=O)COC(=O)C1CCN(S(=O)(=O)c2cccnc2)CC1. The smallest absolute Gasteiger partial charge is 0.309 e. The molecule has 1 aromatic heterocycles. The van der Waals surface area contributed by atoms with E-state index in [-0.39, 0.29) is 18.0 Å². The summed E-state index contributed by atoms with van der Waals surface area (Å²) in [4.78, 5) is 28.5. The summed E-state index contributed by atoms with van der Waals surface area (Å²) < 4.78 is 37.0. The summed E-state index contributed by atoms with van der Waals surface area (Å²) in [6.45, 7) is 1.85. The fourth-order valence-electron chi connectivity index (χ4n) is 3.34. The van der Waals surface area contributed by atoms with Gasteiger partial charge in [-0.2, -0.15) is 4.31 Å². The summed E-state index contributed by atoms with van der Waals surface area (Å²) >= 11 is 0. The van der Waals surface area contributed by atoms with Gasteiger partial charge in [0.2, 0.25) is 10.0 Å². The Bertz CT molecular complexity index is 1030. The van der Waals surface area contributed by atoms with E-state index in [4.69, 9.17) is 9.47 Å². The number of piperidine rings is 1. The minimum atomic E-state index is -3.64. The van der Waals surface area contributed by atoms with Crippen LogP contribution in [0.4, 0.5) is 5.69 Å². The van der Waals surface area contributed by atoms with E-state index < -0.39 is 34.4 Å². The lowest BCUT2D eigenvalue weighted by Gasteiger charge is -2.29. The summed E-state index contributed by atoms with van der Waals surface area (Å²) in [5, 5.41) is 2.67. The highest BCUT2D eigenvalue weighted by molar-refractivity contribution is 7.89. The number of rotatable bonds is 7. The minimum Gasteiger partial charge on any atom is -0.495 e. The summed E-state index contributed by atoms with van der Waals surface area (Å²) in [6.07, 6.45) is 3.46. The van der Waals surface area contributed by atoms with E-state index in [9.17, 15) is 18.0 Å². The molecule has 1 N–H and O–H groups in total. The predicted octanol–water partition coefficient (Wildman–Crippen LogP) is 1.98. The zero-order valence-electron chi connectivity index (χ0n) is 17.4. The molecule has 1 amide bonds. The Morgan fingerprint density at radius 2 is 1.97 bits per heavy atom. The van der Waals surface area contributed by atoms with Crippen LogP contribution in [0.5, 0.6) is 5.75 Å². The highest BCUT2D eigenvalue weighted by Gasteiger charge is 2.33. The molecule has 0 saturated carbocycles. The van der Waals surface area contributed by atoms with E-state index >= 15 is 0 Å². The van der Waals surface area contributed by atoms with Crippen LogP contribution in [0.15, 0.2) is 47.6 Å². The van der Waals surface area contributed by atoms with Crippen molar-refractivity contribution < 1.29 is 27.5 Å². The maximum Gasteiger partial charge on any atom is 0.309 e. The molecule has 1 aromatic carbocycles. The van der Waals surface area contributed by atoms with Crippen molar-refractivity contribution in [2.45, 2.75) is 24.7 Å². The van der Waals surface area contributed by atoms with Crippen LogP contribution in [0.2, 0.25) is 0 Å². The second-order valence-electron chi connectivity index (χ2n) is 7.23. The second-order valence-corrected chi connectivity index (χ2v) is 9.16. The van der Waals surface area contributed by atoms with Crippen LogP contribution in [0.25, 0.3) is 0 Å². The van der Waals surface area contributed by atoms with E-state index in [0.29, 0.717) is 24.3 Å². The molecule has 2 aromatic rings. The van der Waals surface area contributed by atoms with Gasteiger partial charge >= 0.3 is 5.97 Å². The van der Waals surface area contributed by atoms with Crippen molar-refractivity contribution in [3.8, 4) is 5.75 Å². The number of carbonyl (C=O) groups excluding carboxylic acids is 2. The molecule has 1 aliphatic heterocycles. The number of anilines is 1. The minimum absolute atomic E-state index is 0.124. The number of aryl methyl sites for hydroxylation is 1. The second kappa shape index (κ2) is 9.88. The van der Waals surface area contributed by atoms with Gasteiger partial charge in [0.15, 0.2) is 6.61 Å². The summed E-state index contributed by atoms with van der Waals surface area (Å²) in [7, 11) is -2.14. The van der Waals surface area contributed by atoms with Crippen LogP contribution in [0.3, 0.4) is 0 Å². The van der Waals surface area contributed by atoms with Gasteiger partial charge in [-0.3, -0.25) is 14.6 Å². The number of esters is 1. The Morgan fingerprint density at radius 3 is 2.61 bits per heavy atom. The monoisotopic (exact) mass is 447 g/mol. The molecule has 31 heavy (non-hydrogen) atoms. The number of hydrogen-bond acceptors (Lipinski definition) is 7. The number of ether oxygens (including phenoxy) is 2. The third kappa shape index (κ3) is 5.59. The van der Waals surface area contributed by atoms with Crippen molar-refractivity contribution in [3.05, 3.63) is 48.3 Å². The third-order valence-electron chi connectivity index (χ3n) is 5.03. The highest BCUT2D eigenvalue weighted by atomic mass is 32.2. The Hall–Kier alpha value is -2.98. The molecule has 0 spiro atoms. The number of pyridine rings is 1. The number of benzene rings is 1.